The van der Waals surface area contributed by atoms with Crippen LogP contribution in [0.1, 0.15) is 18.5 Å². The Balaban J connectivity index is 2.09. The normalized spacial score (nSPS) is 23.2. The summed E-state index contributed by atoms with van der Waals surface area (Å²) in [6.07, 6.45) is 0. The van der Waals surface area contributed by atoms with Crippen molar-refractivity contribution >= 4 is 5.91 Å². The summed E-state index contributed by atoms with van der Waals surface area (Å²) in [5.74, 6) is -0.0157. The van der Waals surface area contributed by atoms with Crippen molar-refractivity contribution in [2.45, 2.75) is 19.0 Å². The molecule has 1 saturated heterocycles. The molecule has 1 aliphatic heterocycles. The molecular formula is C13H18N2O2. The predicted octanol–water partition coefficient (Wildman–Crippen LogP) is 0.540. The highest BCUT2D eigenvalue weighted by Gasteiger charge is 2.27. The Morgan fingerprint density at radius 3 is 2.82 bits per heavy atom. The number of carbonyl (C=O) groups excluding carboxylic acids is 1. The first-order chi connectivity index (χ1) is 8.20. The number of benzene rings is 1. The summed E-state index contributed by atoms with van der Waals surface area (Å²) in [5.41, 5.74) is 1.19. The molecule has 1 aromatic carbocycles. The number of aliphatic hydroxyl groups excluding tert-OH is 1. The van der Waals surface area contributed by atoms with Crippen molar-refractivity contribution < 1.29 is 9.90 Å². The van der Waals surface area contributed by atoms with Gasteiger partial charge in [0.2, 0.25) is 5.91 Å². The first kappa shape index (κ1) is 12.1. The van der Waals surface area contributed by atoms with Crippen molar-refractivity contribution in [3.63, 3.8) is 0 Å². The van der Waals surface area contributed by atoms with E-state index in [2.05, 4.69) is 29.3 Å². The second-order valence-electron chi connectivity index (χ2n) is 4.46. The van der Waals surface area contributed by atoms with E-state index >= 15 is 0 Å². The van der Waals surface area contributed by atoms with Crippen LogP contribution in [0, 0.1) is 0 Å². The molecule has 0 spiro atoms. The van der Waals surface area contributed by atoms with Gasteiger partial charge in [-0.05, 0) is 12.5 Å². The second-order valence-corrected chi connectivity index (χ2v) is 4.46. The minimum atomic E-state index is -0.151. The van der Waals surface area contributed by atoms with Gasteiger partial charge in [0.05, 0.1) is 19.2 Å². The van der Waals surface area contributed by atoms with Gasteiger partial charge in [0.15, 0.2) is 0 Å². The first-order valence-electron chi connectivity index (χ1n) is 5.90. The smallest absolute Gasteiger partial charge is 0.234 e. The Hall–Kier alpha value is -1.39. The van der Waals surface area contributed by atoms with Crippen LogP contribution in [0.25, 0.3) is 0 Å². The van der Waals surface area contributed by atoms with E-state index in [9.17, 15) is 4.79 Å². The van der Waals surface area contributed by atoms with Gasteiger partial charge in [-0.15, -0.1) is 0 Å². The number of aliphatic hydroxyl groups is 1. The maximum Gasteiger partial charge on any atom is 0.234 e. The molecule has 1 aliphatic rings. The molecule has 1 amide bonds. The topological polar surface area (TPSA) is 52.6 Å². The van der Waals surface area contributed by atoms with E-state index in [1.165, 1.54) is 5.56 Å². The Kier molecular flexibility index (Phi) is 3.76. The number of nitrogens with one attached hydrogen (secondary N) is 1. The zero-order valence-electron chi connectivity index (χ0n) is 9.97. The lowest BCUT2D eigenvalue weighted by atomic mass is 10.0. The quantitative estimate of drug-likeness (QED) is 0.802. The van der Waals surface area contributed by atoms with E-state index in [1.54, 1.807) is 0 Å². The number of rotatable bonds is 3. The van der Waals surface area contributed by atoms with Crippen LogP contribution in [-0.4, -0.2) is 41.7 Å². The fourth-order valence-electron chi connectivity index (χ4n) is 2.19. The molecule has 2 rings (SSSR count). The third-order valence-electron chi connectivity index (χ3n) is 3.22. The lowest BCUT2D eigenvalue weighted by Crippen LogP contribution is -2.55. The molecule has 1 heterocycles. The Morgan fingerprint density at radius 2 is 2.18 bits per heavy atom. The highest BCUT2D eigenvalue weighted by Crippen LogP contribution is 2.21. The molecule has 0 aliphatic carbocycles. The highest BCUT2D eigenvalue weighted by molar-refractivity contribution is 5.79. The molecule has 1 fully saturated rings. The number of hydrogen-bond acceptors (Lipinski definition) is 3. The summed E-state index contributed by atoms with van der Waals surface area (Å²) in [7, 11) is 0. The van der Waals surface area contributed by atoms with E-state index in [4.69, 9.17) is 5.11 Å². The van der Waals surface area contributed by atoms with Gasteiger partial charge in [-0.1, -0.05) is 30.3 Å². The minimum Gasteiger partial charge on any atom is -0.394 e. The summed E-state index contributed by atoms with van der Waals surface area (Å²) < 4.78 is 0. The van der Waals surface area contributed by atoms with Gasteiger partial charge in [0.25, 0.3) is 0 Å². The largest absolute Gasteiger partial charge is 0.394 e. The van der Waals surface area contributed by atoms with Crippen molar-refractivity contribution in [1.29, 1.82) is 0 Å². The van der Waals surface area contributed by atoms with Crippen molar-refractivity contribution in [3.8, 4) is 0 Å². The van der Waals surface area contributed by atoms with Gasteiger partial charge in [0.1, 0.15) is 0 Å². The van der Waals surface area contributed by atoms with Crippen LogP contribution >= 0.6 is 0 Å². The maximum absolute atomic E-state index is 11.5. The SMILES string of the molecule is CC(c1ccccc1)N1CC(=O)NC(CO)C1. The van der Waals surface area contributed by atoms with Crippen LogP contribution in [0.2, 0.25) is 0 Å². The fraction of sp³-hybridized carbons (Fsp3) is 0.462. The zero-order chi connectivity index (χ0) is 12.3. The van der Waals surface area contributed by atoms with Crippen LogP contribution < -0.4 is 5.32 Å². The summed E-state index contributed by atoms with van der Waals surface area (Å²) in [4.78, 5) is 13.6. The van der Waals surface area contributed by atoms with Crippen LogP contribution in [0.15, 0.2) is 30.3 Å². The standard InChI is InChI=1S/C13H18N2O2/c1-10(11-5-3-2-4-6-11)15-7-12(9-16)14-13(17)8-15/h2-6,10,12,16H,7-9H2,1H3,(H,14,17). The molecule has 4 heteroatoms. The summed E-state index contributed by atoms with van der Waals surface area (Å²) in [6.45, 7) is 3.16. The van der Waals surface area contributed by atoms with Crippen LogP contribution in [-0.2, 0) is 4.79 Å². The molecule has 2 atom stereocenters. The average Bonchev–Trinajstić information content (AvgIpc) is 2.38. The third kappa shape index (κ3) is 2.84. The van der Waals surface area contributed by atoms with Gasteiger partial charge in [-0.3, -0.25) is 9.69 Å². The van der Waals surface area contributed by atoms with Crippen molar-refractivity contribution in [1.82, 2.24) is 10.2 Å². The molecule has 4 nitrogen and oxygen atoms in total. The molecule has 0 saturated carbocycles. The van der Waals surface area contributed by atoms with E-state index in [-0.39, 0.29) is 24.6 Å². The second kappa shape index (κ2) is 5.29. The Morgan fingerprint density at radius 1 is 1.47 bits per heavy atom. The first-order valence-corrected chi connectivity index (χ1v) is 5.90. The number of amides is 1. The number of piperazine rings is 1. The van der Waals surface area contributed by atoms with Crippen LogP contribution in [0.5, 0.6) is 0 Å². The average molecular weight is 234 g/mol. The maximum atomic E-state index is 11.5. The van der Waals surface area contributed by atoms with E-state index in [1.807, 2.05) is 18.2 Å². The van der Waals surface area contributed by atoms with Gasteiger partial charge >= 0.3 is 0 Å². The monoisotopic (exact) mass is 234 g/mol. The van der Waals surface area contributed by atoms with Crippen molar-refractivity contribution in [3.05, 3.63) is 35.9 Å². The van der Waals surface area contributed by atoms with Crippen molar-refractivity contribution in [2.24, 2.45) is 0 Å². The Bertz CT molecular complexity index is 380. The Labute approximate surface area is 101 Å². The lowest BCUT2D eigenvalue weighted by Gasteiger charge is -2.36. The number of hydrogen-bond donors (Lipinski definition) is 2. The van der Waals surface area contributed by atoms with Crippen molar-refractivity contribution in [2.75, 3.05) is 19.7 Å². The van der Waals surface area contributed by atoms with Gasteiger partial charge < -0.3 is 10.4 Å². The van der Waals surface area contributed by atoms with E-state index in [0.717, 1.165) is 0 Å². The van der Waals surface area contributed by atoms with E-state index < -0.39 is 0 Å². The predicted molar refractivity (Wildman–Crippen MR) is 65.4 cm³/mol. The highest BCUT2D eigenvalue weighted by atomic mass is 16.3. The zero-order valence-corrected chi connectivity index (χ0v) is 9.97. The molecule has 17 heavy (non-hydrogen) atoms. The van der Waals surface area contributed by atoms with Gasteiger partial charge in [0, 0.05) is 12.6 Å². The number of nitrogens with zero attached hydrogens (tertiary/aromatic N) is 1. The fourth-order valence-corrected chi connectivity index (χ4v) is 2.19. The minimum absolute atomic E-state index is 0.0102. The summed E-state index contributed by atoms with van der Waals surface area (Å²) in [5, 5.41) is 11.9. The molecule has 92 valence electrons. The molecule has 0 bridgehead atoms. The lowest BCUT2D eigenvalue weighted by molar-refractivity contribution is -0.127. The molecule has 0 aromatic heterocycles. The number of carbonyl (C=O) groups is 1. The third-order valence-corrected chi connectivity index (χ3v) is 3.22. The molecule has 2 unspecified atom stereocenters. The van der Waals surface area contributed by atoms with Crippen LogP contribution in [0.3, 0.4) is 0 Å². The van der Waals surface area contributed by atoms with Crippen LogP contribution in [0.4, 0.5) is 0 Å². The summed E-state index contributed by atoms with van der Waals surface area (Å²) in [6, 6.07) is 10.1. The molecule has 2 N–H and O–H groups in total. The molecule has 0 radical (unpaired) electrons. The molecular weight excluding hydrogens is 216 g/mol. The van der Waals surface area contributed by atoms with Gasteiger partial charge in [-0.25, -0.2) is 0 Å². The van der Waals surface area contributed by atoms with Gasteiger partial charge in [-0.2, -0.15) is 0 Å². The molecule has 1 aromatic rings. The van der Waals surface area contributed by atoms with E-state index in [0.29, 0.717) is 13.1 Å². The summed E-state index contributed by atoms with van der Waals surface area (Å²) >= 11 is 0.